The molecule has 0 aliphatic heterocycles. The van der Waals surface area contributed by atoms with Gasteiger partial charge in [-0.1, -0.05) is 51.1 Å². The number of amides is 1. The van der Waals surface area contributed by atoms with Gasteiger partial charge in [0.25, 0.3) is 0 Å². The summed E-state index contributed by atoms with van der Waals surface area (Å²) < 4.78 is 0. The van der Waals surface area contributed by atoms with E-state index in [1.54, 1.807) is 0 Å². The van der Waals surface area contributed by atoms with Gasteiger partial charge >= 0.3 is 0 Å². The molecule has 1 aromatic carbocycles. The first-order chi connectivity index (χ1) is 9.30. The van der Waals surface area contributed by atoms with E-state index in [0.717, 1.165) is 6.42 Å². The minimum Gasteiger partial charge on any atom is -0.346 e. The lowest BCUT2D eigenvalue weighted by atomic mass is 9.84. The summed E-state index contributed by atoms with van der Waals surface area (Å²) in [6.45, 7) is 7.46. The van der Waals surface area contributed by atoms with E-state index in [-0.39, 0.29) is 23.0 Å². The molecule has 0 heterocycles. The number of carbonyl (C=O) groups excluding carboxylic acids is 2. The molecule has 3 heteroatoms. The van der Waals surface area contributed by atoms with Gasteiger partial charge in [-0.25, -0.2) is 0 Å². The first-order valence-corrected chi connectivity index (χ1v) is 7.16. The summed E-state index contributed by atoms with van der Waals surface area (Å²) in [7, 11) is 0. The molecule has 1 saturated carbocycles. The van der Waals surface area contributed by atoms with E-state index in [2.05, 4.69) is 17.4 Å². The zero-order valence-electron chi connectivity index (χ0n) is 12.6. The van der Waals surface area contributed by atoms with E-state index in [0.29, 0.717) is 5.92 Å². The van der Waals surface area contributed by atoms with Crippen molar-refractivity contribution < 1.29 is 9.59 Å². The predicted molar refractivity (Wildman–Crippen MR) is 79.4 cm³/mol. The van der Waals surface area contributed by atoms with Gasteiger partial charge < -0.3 is 5.32 Å². The Kier molecular flexibility index (Phi) is 3.98. The summed E-state index contributed by atoms with van der Waals surface area (Å²) in [5, 5.41) is 2.93. The van der Waals surface area contributed by atoms with Crippen molar-refractivity contribution in [3.63, 3.8) is 0 Å². The quantitative estimate of drug-likeness (QED) is 0.917. The van der Waals surface area contributed by atoms with Crippen molar-refractivity contribution in [2.75, 3.05) is 0 Å². The Morgan fingerprint density at radius 2 is 1.80 bits per heavy atom. The van der Waals surface area contributed by atoms with Crippen molar-refractivity contribution in [3.8, 4) is 0 Å². The SMILES string of the molecule is CC(=O)C(NC(=O)[C@H]1CC1c1ccccc1)C(C)(C)C. The van der Waals surface area contributed by atoms with Crippen LogP contribution in [0.2, 0.25) is 0 Å². The van der Waals surface area contributed by atoms with Crippen LogP contribution in [0.4, 0.5) is 0 Å². The Morgan fingerprint density at radius 3 is 2.30 bits per heavy atom. The third kappa shape index (κ3) is 3.27. The fraction of sp³-hybridized carbons (Fsp3) is 0.529. The second-order valence-electron chi connectivity index (χ2n) is 6.78. The normalized spacial score (nSPS) is 23.0. The molecule has 1 aliphatic carbocycles. The van der Waals surface area contributed by atoms with E-state index in [4.69, 9.17) is 0 Å². The van der Waals surface area contributed by atoms with Crippen LogP contribution < -0.4 is 5.32 Å². The molecule has 1 amide bonds. The number of hydrogen-bond acceptors (Lipinski definition) is 2. The lowest BCUT2D eigenvalue weighted by Crippen LogP contribution is -2.48. The third-order valence-electron chi connectivity index (χ3n) is 3.91. The predicted octanol–water partition coefficient (Wildman–Crippen LogP) is 2.91. The van der Waals surface area contributed by atoms with E-state index >= 15 is 0 Å². The average Bonchev–Trinajstić information content (AvgIpc) is 3.15. The zero-order chi connectivity index (χ0) is 14.9. The lowest BCUT2D eigenvalue weighted by Gasteiger charge is -2.29. The first kappa shape index (κ1) is 14.8. The Hall–Kier alpha value is -1.64. The maximum absolute atomic E-state index is 12.3. The summed E-state index contributed by atoms with van der Waals surface area (Å²) in [6, 6.07) is 9.68. The van der Waals surface area contributed by atoms with Crippen molar-refractivity contribution in [2.45, 2.75) is 46.1 Å². The highest BCUT2D eigenvalue weighted by Gasteiger charge is 2.45. The Balaban J connectivity index is 1.99. The molecule has 1 aliphatic rings. The van der Waals surface area contributed by atoms with Crippen LogP contribution in [0.25, 0.3) is 0 Å². The highest BCUT2D eigenvalue weighted by atomic mass is 16.2. The number of rotatable bonds is 4. The number of ketones is 1. The fourth-order valence-corrected chi connectivity index (χ4v) is 2.73. The molecule has 3 atom stereocenters. The molecular weight excluding hydrogens is 250 g/mol. The van der Waals surface area contributed by atoms with Gasteiger partial charge in [-0.3, -0.25) is 9.59 Å². The highest BCUT2D eigenvalue weighted by Crippen LogP contribution is 2.47. The molecule has 20 heavy (non-hydrogen) atoms. The van der Waals surface area contributed by atoms with Gasteiger partial charge in [0.2, 0.25) is 5.91 Å². The average molecular weight is 273 g/mol. The molecule has 1 aromatic rings. The number of hydrogen-bond donors (Lipinski definition) is 1. The van der Waals surface area contributed by atoms with Gasteiger partial charge in [-0.05, 0) is 30.2 Å². The second kappa shape index (κ2) is 5.39. The van der Waals surface area contributed by atoms with E-state index < -0.39 is 6.04 Å². The van der Waals surface area contributed by atoms with Gasteiger partial charge in [-0.15, -0.1) is 0 Å². The summed E-state index contributed by atoms with van der Waals surface area (Å²) in [6.07, 6.45) is 0.880. The molecule has 0 saturated heterocycles. The Bertz CT molecular complexity index is 501. The van der Waals surface area contributed by atoms with Gasteiger partial charge in [0.05, 0.1) is 6.04 Å². The molecular formula is C17H23NO2. The molecule has 1 N–H and O–H groups in total. The number of carbonyl (C=O) groups is 2. The molecule has 0 spiro atoms. The van der Waals surface area contributed by atoms with Crippen LogP contribution in [0.15, 0.2) is 30.3 Å². The standard InChI is InChI=1S/C17H23NO2/c1-11(19)15(17(2,3)4)18-16(20)14-10-13(14)12-8-6-5-7-9-12/h5-9,13-15H,10H2,1-4H3,(H,18,20)/t13?,14-,15?/m0/s1. The molecule has 2 rings (SSSR count). The van der Waals surface area contributed by atoms with Crippen LogP contribution in [-0.4, -0.2) is 17.7 Å². The Labute approximate surface area is 120 Å². The van der Waals surface area contributed by atoms with Crippen LogP contribution in [0, 0.1) is 11.3 Å². The van der Waals surface area contributed by atoms with Gasteiger partial charge in [0, 0.05) is 5.92 Å². The van der Waals surface area contributed by atoms with Crippen molar-refractivity contribution in [1.82, 2.24) is 5.32 Å². The molecule has 2 unspecified atom stereocenters. The summed E-state index contributed by atoms with van der Waals surface area (Å²) >= 11 is 0. The molecule has 1 fully saturated rings. The molecule has 108 valence electrons. The molecule has 0 bridgehead atoms. The highest BCUT2D eigenvalue weighted by molar-refractivity contribution is 5.90. The number of Topliss-reactive ketones (excluding diaryl/α,β-unsaturated/α-hetero) is 1. The van der Waals surface area contributed by atoms with Gasteiger partial charge in [0.1, 0.15) is 0 Å². The maximum Gasteiger partial charge on any atom is 0.224 e. The minimum atomic E-state index is -0.410. The molecule has 3 nitrogen and oxygen atoms in total. The smallest absolute Gasteiger partial charge is 0.224 e. The van der Waals surface area contributed by atoms with Crippen LogP contribution >= 0.6 is 0 Å². The van der Waals surface area contributed by atoms with Crippen LogP contribution in [-0.2, 0) is 9.59 Å². The van der Waals surface area contributed by atoms with Crippen molar-refractivity contribution in [2.24, 2.45) is 11.3 Å². The van der Waals surface area contributed by atoms with Crippen molar-refractivity contribution in [3.05, 3.63) is 35.9 Å². The van der Waals surface area contributed by atoms with Crippen molar-refractivity contribution in [1.29, 1.82) is 0 Å². The monoisotopic (exact) mass is 273 g/mol. The molecule has 0 radical (unpaired) electrons. The van der Waals surface area contributed by atoms with Gasteiger partial charge in [-0.2, -0.15) is 0 Å². The van der Waals surface area contributed by atoms with E-state index in [1.807, 2.05) is 39.0 Å². The topological polar surface area (TPSA) is 46.2 Å². The zero-order valence-corrected chi connectivity index (χ0v) is 12.6. The van der Waals surface area contributed by atoms with Crippen molar-refractivity contribution >= 4 is 11.7 Å². The third-order valence-corrected chi connectivity index (χ3v) is 3.91. The molecule has 0 aromatic heterocycles. The largest absolute Gasteiger partial charge is 0.346 e. The summed E-state index contributed by atoms with van der Waals surface area (Å²) in [4.78, 5) is 24.0. The number of nitrogens with one attached hydrogen (secondary N) is 1. The first-order valence-electron chi connectivity index (χ1n) is 7.16. The maximum atomic E-state index is 12.3. The summed E-state index contributed by atoms with van der Waals surface area (Å²) in [5.74, 6) is 0.349. The van der Waals surface area contributed by atoms with Gasteiger partial charge in [0.15, 0.2) is 5.78 Å². The van der Waals surface area contributed by atoms with E-state index in [1.165, 1.54) is 12.5 Å². The van der Waals surface area contributed by atoms with Crippen LogP contribution in [0.5, 0.6) is 0 Å². The van der Waals surface area contributed by atoms with Crippen LogP contribution in [0.1, 0.15) is 45.6 Å². The van der Waals surface area contributed by atoms with E-state index in [9.17, 15) is 9.59 Å². The lowest BCUT2D eigenvalue weighted by molar-refractivity contribution is -0.129. The Morgan fingerprint density at radius 1 is 1.20 bits per heavy atom. The minimum absolute atomic E-state index is 0.00831. The van der Waals surface area contributed by atoms with Crippen LogP contribution in [0.3, 0.4) is 0 Å². The summed E-state index contributed by atoms with van der Waals surface area (Å²) in [5.41, 5.74) is 0.960. The number of benzene rings is 1. The fourth-order valence-electron chi connectivity index (χ4n) is 2.73. The second-order valence-corrected chi connectivity index (χ2v) is 6.78.